The molecule has 1 aliphatic heterocycles. The van der Waals surface area contributed by atoms with E-state index in [0.29, 0.717) is 6.61 Å². The molecule has 1 aromatic carbocycles. The summed E-state index contributed by atoms with van der Waals surface area (Å²) in [6, 6.07) is 9.82. The van der Waals surface area contributed by atoms with Crippen molar-refractivity contribution < 1.29 is 9.53 Å². The summed E-state index contributed by atoms with van der Waals surface area (Å²) in [7, 11) is 0. The molecule has 0 unspecified atom stereocenters. The zero-order valence-electron chi connectivity index (χ0n) is 18.6. The fraction of sp³-hybridized carbons (Fsp3) is 0.500. The predicted molar refractivity (Wildman–Crippen MR) is 121 cm³/mol. The van der Waals surface area contributed by atoms with Gasteiger partial charge in [-0.05, 0) is 50.5 Å². The van der Waals surface area contributed by atoms with E-state index in [2.05, 4.69) is 51.3 Å². The Morgan fingerprint density at radius 2 is 1.90 bits per heavy atom. The average Bonchev–Trinajstić information content (AvgIpc) is 3.25. The van der Waals surface area contributed by atoms with E-state index in [1.54, 1.807) is 6.08 Å². The van der Waals surface area contributed by atoms with Gasteiger partial charge in [0.15, 0.2) is 0 Å². The van der Waals surface area contributed by atoms with Gasteiger partial charge in [-0.1, -0.05) is 61.9 Å². The minimum absolute atomic E-state index is 0.0833. The molecule has 0 bridgehead atoms. The van der Waals surface area contributed by atoms with E-state index < -0.39 is 0 Å². The number of esters is 1. The van der Waals surface area contributed by atoms with Crippen molar-refractivity contribution in [2.75, 3.05) is 13.1 Å². The molecule has 0 aromatic heterocycles. The lowest BCUT2D eigenvalue weighted by molar-refractivity contribution is -0.139. The van der Waals surface area contributed by atoms with Crippen LogP contribution in [0.25, 0.3) is 0 Å². The molecule has 1 fully saturated rings. The van der Waals surface area contributed by atoms with Crippen LogP contribution in [0.15, 0.2) is 66.4 Å². The second-order valence-electron chi connectivity index (χ2n) is 8.61. The normalized spacial score (nSPS) is 17.4. The van der Waals surface area contributed by atoms with Crippen LogP contribution in [0, 0.1) is 11.3 Å². The summed E-state index contributed by atoms with van der Waals surface area (Å²) in [6.07, 6.45) is 10.4. The van der Waals surface area contributed by atoms with Gasteiger partial charge in [0.1, 0.15) is 6.61 Å². The predicted octanol–water partition coefficient (Wildman–Crippen LogP) is 6.28. The molecule has 1 saturated heterocycles. The number of rotatable bonds is 10. The third kappa shape index (κ3) is 6.92. The molecule has 0 amide bonds. The molecule has 1 aromatic rings. The summed E-state index contributed by atoms with van der Waals surface area (Å²) in [5.41, 5.74) is 3.34. The first-order valence-corrected chi connectivity index (χ1v) is 10.8. The van der Waals surface area contributed by atoms with Crippen LogP contribution < -0.4 is 0 Å². The monoisotopic (exact) mass is 395 g/mol. The third-order valence-corrected chi connectivity index (χ3v) is 6.10. The van der Waals surface area contributed by atoms with Gasteiger partial charge < -0.3 is 9.64 Å². The quantitative estimate of drug-likeness (QED) is 0.265. The first-order chi connectivity index (χ1) is 13.9. The third-order valence-electron chi connectivity index (χ3n) is 6.10. The van der Waals surface area contributed by atoms with Gasteiger partial charge >= 0.3 is 5.97 Å². The molecule has 29 heavy (non-hydrogen) atoms. The van der Waals surface area contributed by atoms with E-state index in [-0.39, 0.29) is 17.3 Å². The lowest BCUT2D eigenvalue weighted by Gasteiger charge is -2.38. The summed E-state index contributed by atoms with van der Waals surface area (Å²) in [5.74, 6) is -0.0775. The average molecular weight is 396 g/mol. The minimum Gasteiger partial charge on any atom is -0.458 e. The number of hydrogen-bond donors (Lipinski definition) is 0. The largest absolute Gasteiger partial charge is 0.458 e. The molecule has 3 heteroatoms. The van der Waals surface area contributed by atoms with Gasteiger partial charge in [0.05, 0.1) is 0 Å². The number of hydrogen-bond acceptors (Lipinski definition) is 3. The molecule has 0 saturated carbocycles. The molecule has 0 aliphatic carbocycles. The molecular formula is C26H37NO2. The SMILES string of the molecule is C=C[C@](C)(CCC=C(C)C)[C@H](C)/C(=C\C(=O)OCc1ccccc1)N1CCCC1. The lowest BCUT2D eigenvalue weighted by atomic mass is 9.72. The van der Waals surface area contributed by atoms with Crippen LogP contribution in [0.4, 0.5) is 0 Å². The van der Waals surface area contributed by atoms with Crippen LogP contribution in [0.3, 0.4) is 0 Å². The van der Waals surface area contributed by atoms with Gasteiger partial charge in [0.25, 0.3) is 0 Å². The van der Waals surface area contributed by atoms with Crippen molar-refractivity contribution in [2.45, 2.75) is 60.0 Å². The molecule has 0 radical (unpaired) electrons. The van der Waals surface area contributed by atoms with Crippen LogP contribution >= 0.6 is 0 Å². The van der Waals surface area contributed by atoms with Crippen LogP contribution in [0.5, 0.6) is 0 Å². The summed E-state index contributed by atoms with van der Waals surface area (Å²) >= 11 is 0. The summed E-state index contributed by atoms with van der Waals surface area (Å²) < 4.78 is 5.55. The zero-order chi connectivity index (χ0) is 21.3. The minimum atomic E-state index is -0.265. The second-order valence-corrected chi connectivity index (χ2v) is 8.61. The number of carbonyl (C=O) groups is 1. The Labute approximate surface area is 177 Å². The van der Waals surface area contributed by atoms with Crippen molar-refractivity contribution in [3.63, 3.8) is 0 Å². The maximum atomic E-state index is 12.6. The van der Waals surface area contributed by atoms with Crippen molar-refractivity contribution in [3.05, 3.63) is 72.0 Å². The Morgan fingerprint density at radius 3 is 2.48 bits per heavy atom. The molecule has 1 heterocycles. The van der Waals surface area contributed by atoms with Crippen molar-refractivity contribution >= 4 is 5.97 Å². The number of benzene rings is 1. The molecule has 2 rings (SSSR count). The number of nitrogens with zero attached hydrogens (tertiary/aromatic N) is 1. The van der Waals surface area contributed by atoms with Crippen LogP contribution in [-0.4, -0.2) is 24.0 Å². The van der Waals surface area contributed by atoms with Crippen molar-refractivity contribution in [2.24, 2.45) is 11.3 Å². The van der Waals surface area contributed by atoms with Crippen LogP contribution in [-0.2, 0) is 16.1 Å². The molecule has 3 nitrogen and oxygen atoms in total. The van der Waals surface area contributed by atoms with Crippen molar-refractivity contribution in [3.8, 4) is 0 Å². The fourth-order valence-electron chi connectivity index (χ4n) is 3.86. The van der Waals surface area contributed by atoms with Gasteiger partial charge in [0, 0.05) is 30.8 Å². The van der Waals surface area contributed by atoms with E-state index in [1.165, 1.54) is 18.4 Å². The number of ether oxygens (including phenoxy) is 1. The number of allylic oxidation sites excluding steroid dienone is 4. The summed E-state index contributed by atoms with van der Waals surface area (Å²) in [5, 5.41) is 0. The zero-order valence-corrected chi connectivity index (χ0v) is 18.6. The van der Waals surface area contributed by atoms with Gasteiger partial charge in [-0.3, -0.25) is 0 Å². The molecule has 158 valence electrons. The second kappa shape index (κ2) is 11.0. The Bertz CT molecular complexity index is 724. The first kappa shape index (κ1) is 23.0. The molecule has 1 aliphatic rings. The molecule has 0 spiro atoms. The van der Waals surface area contributed by atoms with Crippen molar-refractivity contribution in [1.29, 1.82) is 0 Å². The Balaban J connectivity index is 2.16. The Hall–Kier alpha value is -2.29. The summed E-state index contributed by atoms with van der Waals surface area (Å²) in [6.45, 7) is 15.2. The number of carbonyl (C=O) groups excluding carboxylic acids is 1. The van der Waals surface area contributed by atoms with Crippen molar-refractivity contribution in [1.82, 2.24) is 4.90 Å². The topological polar surface area (TPSA) is 29.5 Å². The highest BCUT2D eigenvalue weighted by molar-refractivity contribution is 5.82. The Kier molecular flexibility index (Phi) is 8.75. The van der Waals surface area contributed by atoms with E-state index >= 15 is 0 Å². The maximum absolute atomic E-state index is 12.6. The molecule has 2 atom stereocenters. The van der Waals surface area contributed by atoms with Crippen LogP contribution in [0.1, 0.15) is 58.9 Å². The van der Waals surface area contributed by atoms with Gasteiger partial charge in [0.2, 0.25) is 0 Å². The highest BCUT2D eigenvalue weighted by Gasteiger charge is 2.33. The Morgan fingerprint density at radius 1 is 1.24 bits per heavy atom. The number of likely N-dealkylation sites (tertiary alicyclic amines) is 1. The van der Waals surface area contributed by atoms with Gasteiger partial charge in [-0.15, -0.1) is 6.58 Å². The van der Waals surface area contributed by atoms with Gasteiger partial charge in [-0.2, -0.15) is 0 Å². The van der Waals surface area contributed by atoms with E-state index in [9.17, 15) is 4.79 Å². The molecular weight excluding hydrogens is 358 g/mol. The standard InChI is InChI=1S/C26H37NO2/c1-6-26(5,16-12-13-21(2)3)22(4)24(27-17-10-11-18-27)19-25(28)29-20-23-14-8-7-9-15-23/h6-9,13-15,19,22H,1,10-12,16-18,20H2,2-5H3/b24-19+/t22-,26-/m1/s1. The van der Waals surface area contributed by atoms with E-state index in [0.717, 1.165) is 37.2 Å². The summed E-state index contributed by atoms with van der Waals surface area (Å²) in [4.78, 5) is 15.0. The highest BCUT2D eigenvalue weighted by atomic mass is 16.5. The fourth-order valence-corrected chi connectivity index (χ4v) is 3.86. The first-order valence-electron chi connectivity index (χ1n) is 10.8. The highest BCUT2D eigenvalue weighted by Crippen LogP contribution is 2.40. The van der Waals surface area contributed by atoms with E-state index in [1.807, 2.05) is 30.3 Å². The van der Waals surface area contributed by atoms with E-state index in [4.69, 9.17) is 4.74 Å². The maximum Gasteiger partial charge on any atom is 0.332 e. The van der Waals surface area contributed by atoms with Gasteiger partial charge in [-0.25, -0.2) is 4.79 Å². The lowest BCUT2D eigenvalue weighted by Crippen LogP contribution is -2.33. The molecule has 0 N–H and O–H groups in total. The van der Waals surface area contributed by atoms with Crippen LogP contribution in [0.2, 0.25) is 0 Å². The smallest absolute Gasteiger partial charge is 0.332 e.